The largest absolute Gasteiger partial charge is 0.491 e. The van der Waals surface area contributed by atoms with Gasteiger partial charge in [-0.05, 0) is 44.7 Å². The number of hydrogen-bond acceptors (Lipinski definition) is 7. The van der Waals surface area contributed by atoms with Crippen molar-refractivity contribution in [3.63, 3.8) is 0 Å². The first-order valence-corrected chi connectivity index (χ1v) is 8.96. The number of piperidine rings is 1. The van der Waals surface area contributed by atoms with Crippen LogP contribution in [0.4, 0.5) is 11.6 Å². The van der Waals surface area contributed by atoms with E-state index in [1.54, 1.807) is 13.3 Å². The van der Waals surface area contributed by atoms with Gasteiger partial charge in [-0.2, -0.15) is 5.10 Å². The SMILES string of the molecule is COc1c(C)nc(C2CC2)nc1NC1CCN(c2cccnn2)CC1. The number of nitrogens with one attached hydrogen (secondary N) is 1. The topological polar surface area (TPSA) is 76.1 Å². The van der Waals surface area contributed by atoms with Crippen LogP contribution >= 0.6 is 0 Å². The molecular weight excluding hydrogens is 316 g/mol. The highest BCUT2D eigenvalue weighted by molar-refractivity contribution is 5.53. The molecule has 1 saturated heterocycles. The van der Waals surface area contributed by atoms with Crippen LogP contribution < -0.4 is 15.0 Å². The van der Waals surface area contributed by atoms with E-state index >= 15 is 0 Å². The molecule has 1 N–H and O–H groups in total. The normalized spacial score (nSPS) is 18.2. The molecule has 132 valence electrons. The first-order chi connectivity index (χ1) is 12.2. The van der Waals surface area contributed by atoms with E-state index in [1.165, 1.54) is 12.8 Å². The maximum atomic E-state index is 5.55. The molecule has 2 fully saturated rings. The highest BCUT2D eigenvalue weighted by Gasteiger charge is 2.29. The molecule has 2 aromatic rings. The van der Waals surface area contributed by atoms with E-state index in [0.29, 0.717) is 12.0 Å². The van der Waals surface area contributed by atoms with Gasteiger partial charge < -0.3 is 15.0 Å². The molecule has 3 heterocycles. The third kappa shape index (κ3) is 3.50. The quantitative estimate of drug-likeness (QED) is 0.896. The van der Waals surface area contributed by atoms with Crippen molar-refractivity contribution in [2.75, 3.05) is 30.4 Å². The van der Waals surface area contributed by atoms with Gasteiger partial charge >= 0.3 is 0 Å². The summed E-state index contributed by atoms with van der Waals surface area (Å²) in [5, 5.41) is 11.8. The molecular formula is C18H24N6O. The van der Waals surface area contributed by atoms with E-state index < -0.39 is 0 Å². The van der Waals surface area contributed by atoms with E-state index in [9.17, 15) is 0 Å². The summed E-state index contributed by atoms with van der Waals surface area (Å²) < 4.78 is 5.55. The van der Waals surface area contributed by atoms with E-state index in [4.69, 9.17) is 9.72 Å². The van der Waals surface area contributed by atoms with Crippen molar-refractivity contribution in [1.29, 1.82) is 0 Å². The Morgan fingerprint density at radius 2 is 1.96 bits per heavy atom. The monoisotopic (exact) mass is 340 g/mol. The molecule has 1 saturated carbocycles. The van der Waals surface area contributed by atoms with Gasteiger partial charge in [-0.1, -0.05) is 0 Å². The summed E-state index contributed by atoms with van der Waals surface area (Å²) in [7, 11) is 1.68. The van der Waals surface area contributed by atoms with Crippen molar-refractivity contribution in [3.8, 4) is 5.75 Å². The molecule has 0 radical (unpaired) electrons. The number of ether oxygens (including phenoxy) is 1. The summed E-state index contributed by atoms with van der Waals surface area (Å²) >= 11 is 0. The first kappa shape index (κ1) is 16.1. The fraction of sp³-hybridized carbons (Fsp3) is 0.556. The molecule has 0 atom stereocenters. The number of methoxy groups -OCH3 is 1. The molecule has 7 nitrogen and oxygen atoms in total. The number of aryl methyl sites for hydroxylation is 1. The summed E-state index contributed by atoms with van der Waals surface area (Å²) in [6, 6.07) is 4.32. The lowest BCUT2D eigenvalue weighted by Crippen LogP contribution is -2.39. The number of rotatable bonds is 5. The molecule has 2 aromatic heterocycles. The summed E-state index contributed by atoms with van der Waals surface area (Å²) in [5.41, 5.74) is 0.916. The van der Waals surface area contributed by atoms with Gasteiger partial charge in [-0.3, -0.25) is 0 Å². The van der Waals surface area contributed by atoms with Gasteiger partial charge in [0.1, 0.15) is 5.82 Å². The lowest BCUT2D eigenvalue weighted by Gasteiger charge is -2.33. The second kappa shape index (κ2) is 6.82. The second-order valence-corrected chi connectivity index (χ2v) is 6.81. The van der Waals surface area contributed by atoms with Crippen LogP contribution in [0.25, 0.3) is 0 Å². The van der Waals surface area contributed by atoms with Gasteiger partial charge in [-0.25, -0.2) is 9.97 Å². The van der Waals surface area contributed by atoms with E-state index in [2.05, 4.69) is 25.4 Å². The molecule has 2 aliphatic rings. The van der Waals surface area contributed by atoms with Gasteiger partial charge in [0.2, 0.25) is 0 Å². The predicted octanol–water partition coefficient (Wildman–Crippen LogP) is 2.54. The maximum absolute atomic E-state index is 5.55. The highest BCUT2D eigenvalue weighted by atomic mass is 16.5. The van der Waals surface area contributed by atoms with Crippen LogP contribution in [0.5, 0.6) is 5.75 Å². The van der Waals surface area contributed by atoms with Crippen LogP contribution in [0.3, 0.4) is 0 Å². The van der Waals surface area contributed by atoms with Crippen molar-refractivity contribution in [2.24, 2.45) is 0 Å². The van der Waals surface area contributed by atoms with Gasteiger partial charge in [-0.15, -0.1) is 5.10 Å². The van der Waals surface area contributed by atoms with Crippen LogP contribution in [0.1, 0.15) is 43.1 Å². The number of anilines is 2. The van der Waals surface area contributed by atoms with Crippen molar-refractivity contribution in [1.82, 2.24) is 20.2 Å². The Morgan fingerprint density at radius 3 is 2.60 bits per heavy atom. The van der Waals surface area contributed by atoms with Gasteiger partial charge in [0, 0.05) is 31.2 Å². The molecule has 0 bridgehead atoms. The third-order valence-electron chi connectivity index (χ3n) is 4.92. The highest BCUT2D eigenvalue weighted by Crippen LogP contribution is 2.40. The Morgan fingerprint density at radius 1 is 1.16 bits per heavy atom. The fourth-order valence-electron chi connectivity index (χ4n) is 3.36. The maximum Gasteiger partial charge on any atom is 0.182 e. The Bertz CT molecular complexity index is 726. The van der Waals surface area contributed by atoms with Crippen LogP contribution in [0.2, 0.25) is 0 Å². The summed E-state index contributed by atoms with van der Waals surface area (Å²) in [5.74, 6) is 4.05. The zero-order chi connectivity index (χ0) is 17.2. The Labute approximate surface area is 147 Å². The van der Waals surface area contributed by atoms with Crippen molar-refractivity contribution in [2.45, 2.75) is 44.6 Å². The number of hydrogen-bond donors (Lipinski definition) is 1. The number of aromatic nitrogens is 4. The predicted molar refractivity (Wildman–Crippen MR) is 96.2 cm³/mol. The Kier molecular flexibility index (Phi) is 4.38. The lowest BCUT2D eigenvalue weighted by atomic mass is 10.0. The molecule has 0 spiro atoms. The molecule has 0 unspecified atom stereocenters. The minimum absolute atomic E-state index is 0.378. The molecule has 0 amide bonds. The van der Waals surface area contributed by atoms with Crippen molar-refractivity contribution >= 4 is 11.6 Å². The van der Waals surface area contributed by atoms with Gasteiger partial charge in [0.05, 0.1) is 12.8 Å². The summed E-state index contributed by atoms with van der Waals surface area (Å²) in [6.45, 7) is 3.91. The van der Waals surface area contributed by atoms with Crippen LogP contribution in [0, 0.1) is 6.92 Å². The summed E-state index contributed by atoms with van der Waals surface area (Å²) in [4.78, 5) is 11.6. The van der Waals surface area contributed by atoms with E-state index in [-0.39, 0.29) is 0 Å². The average Bonchev–Trinajstić information content (AvgIpc) is 3.48. The average molecular weight is 340 g/mol. The van der Waals surface area contributed by atoms with E-state index in [0.717, 1.165) is 54.8 Å². The zero-order valence-corrected chi connectivity index (χ0v) is 14.8. The molecule has 4 rings (SSSR count). The molecule has 7 heteroatoms. The molecule has 0 aromatic carbocycles. The lowest BCUT2D eigenvalue weighted by molar-refractivity contribution is 0.406. The van der Waals surface area contributed by atoms with Crippen LogP contribution in [-0.2, 0) is 0 Å². The zero-order valence-electron chi connectivity index (χ0n) is 14.8. The molecule has 1 aliphatic heterocycles. The van der Waals surface area contributed by atoms with E-state index in [1.807, 2.05) is 19.1 Å². The molecule has 25 heavy (non-hydrogen) atoms. The summed E-state index contributed by atoms with van der Waals surface area (Å²) in [6.07, 6.45) is 6.16. The van der Waals surface area contributed by atoms with Crippen molar-refractivity contribution in [3.05, 3.63) is 29.8 Å². The first-order valence-electron chi connectivity index (χ1n) is 8.96. The van der Waals surface area contributed by atoms with Crippen LogP contribution in [0.15, 0.2) is 18.3 Å². The fourth-order valence-corrected chi connectivity index (χ4v) is 3.36. The third-order valence-corrected chi connectivity index (χ3v) is 4.92. The second-order valence-electron chi connectivity index (χ2n) is 6.81. The smallest absolute Gasteiger partial charge is 0.182 e. The van der Waals surface area contributed by atoms with Crippen molar-refractivity contribution < 1.29 is 4.74 Å². The Hall–Kier alpha value is -2.44. The van der Waals surface area contributed by atoms with Gasteiger partial charge in [0.25, 0.3) is 0 Å². The number of nitrogens with zero attached hydrogens (tertiary/aromatic N) is 5. The Balaban J connectivity index is 1.44. The minimum Gasteiger partial charge on any atom is -0.491 e. The molecule has 1 aliphatic carbocycles. The minimum atomic E-state index is 0.378. The van der Waals surface area contributed by atoms with Crippen LogP contribution in [-0.4, -0.2) is 46.4 Å². The van der Waals surface area contributed by atoms with Gasteiger partial charge in [0.15, 0.2) is 17.4 Å². The standard InChI is InChI=1S/C18H24N6O/c1-12-16(25-2)18(22-17(20-12)13-5-6-13)21-14-7-10-24(11-8-14)15-4-3-9-19-23-15/h3-4,9,13-14H,5-8,10-11H2,1-2H3,(H,20,21,22).